The highest BCUT2D eigenvalue weighted by Gasteiger charge is 2.17. The van der Waals surface area contributed by atoms with Crippen LogP contribution in [0.2, 0.25) is 5.02 Å². The Hall–Kier alpha value is -1.03. The summed E-state index contributed by atoms with van der Waals surface area (Å²) in [4.78, 5) is 11.7. The number of halogens is 1. The summed E-state index contributed by atoms with van der Waals surface area (Å²) in [5.41, 5.74) is 0.917. The SMILES string of the molecule is Cc1c(Cl)cnn1CCC(=O)NC1CCCC1. The molecular formula is C12H18ClN3O. The molecule has 5 heteroatoms. The van der Waals surface area contributed by atoms with E-state index in [1.54, 1.807) is 10.9 Å². The topological polar surface area (TPSA) is 46.9 Å². The predicted molar refractivity (Wildman–Crippen MR) is 67.0 cm³/mol. The molecule has 1 saturated carbocycles. The average molecular weight is 256 g/mol. The lowest BCUT2D eigenvalue weighted by Crippen LogP contribution is -2.33. The van der Waals surface area contributed by atoms with Gasteiger partial charge in [0.1, 0.15) is 0 Å². The molecule has 1 heterocycles. The predicted octanol–water partition coefficient (Wildman–Crippen LogP) is 2.29. The van der Waals surface area contributed by atoms with Crippen molar-refractivity contribution in [1.82, 2.24) is 15.1 Å². The third-order valence-corrected chi connectivity index (χ3v) is 3.69. The third kappa shape index (κ3) is 3.22. The van der Waals surface area contributed by atoms with Crippen LogP contribution in [0, 0.1) is 6.92 Å². The zero-order chi connectivity index (χ0) is 12.3. The summed E-state index contributed by atoms with van der Waals surface area (Å²) in [6, 6.07) is 0.393. The molecule has 0 unspecified atom stereocenters. The average Bonchev–Trinajstić information content (AvgIpc) is 2.90. The number of nitrogens with one attached hydrogen (secondary N) is 1. The van der Waals surface area contributed by atoms with Gasteiger partial charge in [0, 0.05) is 12.5 Å². The van der Waals surface area contributed by atoms with Gasteiger partial charge in [0.25, 0.3) is 0 Å². The number of rotatable bonds is 4. The van der Waals surface area contributed by atoms with E-state index in [0.29, 0.717) is 24.0 Å². The lowest BCUT2D eigenvalue weighted by Gasteiger charge is -2.12. The molecule has 0 radical (unpaired) electrons. The van der Waals surface area contributed by atoms with Gasteiger partial charge in [-0.2, -0.15) is 5.10 Å². The molecule has 0 aliphatic heterocycles. The Balaban J connectivity index is 1.77. The lowest BCUT2D eigenvalue weighted by molar-refractivity contribution is -0.122. The zero-order valence-electron chi connectivity index (χ0n) is 10.1. The van der Waals surface area contributed by atoms with Crippen molar-refractivity contribution in [2.24, 2.45) is 0 Å². The molecule has 94 valence electrons. The van der Waals surface area contributed by atoms with Gasteiger partial charge in [-0.15, -0.1) is 0 Å². The van der Waals surface area contributed by atoms with Crippen molar-refractivity contribution in [2.75, 3.05) is 0 Å². The summed E-state index contributed by atoms with van der Waals surface area (Å²) < 4.78 is 1.77. The summed E-state index contributed by atoms with van der Waals surface area (Å²) in [6.45, 7) is 2.50. The first-order valence-electron chi connectivity index (χ1n) is 6.14. The number of carbonyl (C=O) groups excluding carboxylic acids is 1. The molecular weight excluding hydrogens is 238 g/mol. The highest BCUT2D eigenvalue weighted by atomic mass is 35.5. The van der Waals surface area contributed by atoms with E-state index in [2.05, 4.69) is 10.4 Å². The fourth-order valence-corrected chi connectivity index (χ4v) is 2.37. The van der Waals surface area contributed by atoms with E-state index < -0.39 is 0 Å². The van der Waals surface area contributed by atoms with E-state index in [4.69, 9.17) is 11.6 Å². The molecule has 0 atom stereocenters. The number of amides is 1. The van der Waals surface area contributed by atoms with Crippen LogP contribution in [0.15, 0.2) is 6.20 Å². The maximum Gasteiger partial charge on any atom is 0.222 e. The lowest BCUT2D eigenvalue weighted by atomic mass is 10.2. The van der Waals surface area contributed by atoms with Gasteiger partial charge in [-0.25, -0.2) is 0 Å². The Morgan fingerprint density at radius 2 is 2.29 bits per heavy atom. The number of aryl methyl sites for hydroxylation is 1. The zero-order valence-corrected chi connectivity index (χ0v) is 10.8. The quantitative estimate of drug-likeness (QED) is 0.897. The van der Waals surface area contributed by atoms with Gasteiger partial charge in [-0.3, -0.25) is 9.48 Å². The molecule has 1 aliphatic carbocycles. The van der Waals surface area contributed by atoms with Gasteiger partial charge in [0.2, 0.25) is 5.91 Å². The van der Waals surface area contributed by atoms with Gasteiger partial charge in [-0.1, -0.05) is 24.4 Å². The van der Waals surface area contributed by atoms with E-state index in [1.807, 2.05) is 6.92 Å². The molecule has 0 saturated heterocycles. The Kier molecular flexibility index (Phi) is 4.05. The molecule has 1 aromatic heterocycles. The van der Waals surface area contributed by atoms with E-state index in [0.717, 1.165) is 18.5 Å². The van der Waals surface area contributed by atoms with Crippen molar-refractivity contribution < 1.29 is 4.79 Å². The van der Waals surface area contributed by atoms with E-state index in [9.17, 15) is 4.79 Å². The Labute approximate surface area is 106 Å². The maximum absolute atomic E-state index is 11.7. The fourth-order valence-electron chi connectivity index (χ4n) is 2.23. The standard InChI is InChI=1S/C12H18ClN3O/c1-9-11(13)8-14-16(9)7-6-12(17)15-10-4-2-3-5-10/h8,10H,2-7H2,1H3,(H,15,17). The number of nitrogens with zero attached hydrogens (tertiary/aromatic N) is 2. The van der Waals surface area contributed by atoms with Crippen LogP contribution in [-0.2, 0) is 11.3 Å². The van der Waals surface area contributed by atoms with Gasteiger partial charge in [0.15, 0.2) is 0 Å². The molecule has 17 heavy (non-hydrogen) atoms. The molecule has 1 amide bonds. The van der Waals surface area contributed by atoms with Crippen molar-refractivity contribution >= 4 is 17.5 Å². The van der Waals surface area contributed by atoms with E-state index in [1.165, 1.54) is 12.8 Å². The second-order valence-electron chi connectivity index (χ2n) is 4.60. The molecule has 1 N–H and O–H groups in total. The summed E-state index contributed by atoms with van der Waals surface area (Å²) in [5.74, 6) is 0.114. The Morgan fingerprint density at radius 1 is 1.59 bits per heavy atom. The minimum atomic E-state index is 0.114. The van der Waals surface area contributed by atoms with E-state index >= 15 is 0 Å². The molecule has 1 fully saturated rings. The number of hydrogen-bond acceptors (Lipinski definition) is 2. The van der Waals surface area contributed by atoms with E-state index in [-0.39, 0.29) is 5.91 Å². The van der Waals surface area contributed by atoms with Crippen molar-refractivity contribution in [3.05, 3.63) is 16.9 Å². The molecule has 0 aromatic carbocycles. The fraction of sp³-hybridized carbons (Fsp3) is 0.667. The summed E-state index contributed by atoms with van der Waals surface area (Å²) >= 11 is 5.90. The van der Waals surface area contributed by atoms with Gasteiger partial charge in [0.05, 0.1) is 23.5 Å². The maximum atomic E-state index is 11.7. The van der Waals surface area contributed by atoms with Gasteiger partial charge >= 0.3 is 0 Å². The minimum absolute atomic E-state index is 0.114. The summed E-state index contributed by atoms with van der Waals surface area (Å²) in [5, 5.41) is 7.84. The van der Waals surface area contributed by atoms with Crippen LogP contribution in [0.1, 0.15) is 37.8 Å². The Morgan fingerprint density at radius 3 is 2.88 bits per heavy atom. The molecule has 0 bridgehead atoms. The highest BCUT2D eigenvalue weighted by Crippen LogP contribution is 2.18. The molecule has 0 spiro atoms. The van der Waals surface area contributed by atoms with Crippen LogP contribution in [0.5, 0.6) is 0 Å². The summed E-state index contributed by atoms with van der Waals surface area (Å²) in [7, 11) is 0. The van der Waals surface area contributed by atoms with Crippen LogP contribution < -0.4 is 5.32 Å². The highest BCUT2D eigenvalue weighted by molar-refractivity contribution is 6.31. The van der Waals surface area contributed by atoms with Crippen LogP contribution in [0.25, 0.3) is 0 Å². The largest absolute Gasteiger partial charge is 0.353 e. The third-order valence-electron chi connectivity index (χ3n) is 3.31. The number of aromatic nitrogens is 2. The van der Waals surface area contributed by atoms with Crippen molar-refractivity contribution in [3.63, 3.8) is 0 Å². The first-order valence-corrected chi connectivity index (χ1v) is 6.52. The molecule has 1 aliphatic rings. The van der Waals surface area contributed by atoms with Crippen LogP contribution in [-0.4, -0.2) is 21.7 Å². The van der Waals surface area contributed by atoms with Crippen LogP contribution >= 0.6 is 11.6 Å². The minimum Gasteiger partial charge on any atom is -0.353 e. The van der Waals surface area contributed by atoms with Crippen molar-refractivity contribution in [3.8, 4) is 0 Å². The summed E-state index contributed by atoms with van der Waals surface area (Å²) in [6.07, 6.45) is 6.80. The number of hydrogen-bond donors (Lipinski definition) is 1. The van der Waals surface area contributed by atoms with Crippen LogP contribution in [0.3, 0.4) is 0 Å². The van der Waals surface area contributed by atoms with Crippen molar-refractivity contribution in [2.45, 2.75) is 51.6 Å². The molecule has 4 nitrogen and oxygen atoms in total. The normalized spacial score (nSPS) is 16.4. The first kappa shape index (κ1) is 12.4. The molecule has 1 aromatic rings. The number of carbonyl (C=O) groups is 1. The first-order chi connectivity index (χ1) is 8.16. The van der Waals surface area contributed by atoms with Crippen LogP contribution in [0.4, 0.5) is 0 Å². The second-order valence-corrected chi connectivity index (χ2v) is 5.01. The Bertz CT molecular complexity index is 396. The smallest absolute Gasteiger partial charge is 0.222 e. The molecule has 2 rings (SSSR count). The van der Waals surface area contributed by atoms with Gasteiger partial charge in [-0.05, 0) is 19.8 Å². The van der Waals surface area contributed by atoms with Crippen molar-refractivity contribution in [1.29, 1.82) is 0 Å². The second kappa shape index (κ2) is 5.54. The monoisotopic (exact) mass is 255 g/mol. The van der Waals surface area contributed by atoms with Gasteiger partial charge < -0.3 is 5.32 Å².